The Morgan fingerprint density at radius 1 is 1.17 bits per heavy atom. The second kappa shape index (κ2) is 13.0. The van der Waals surface area contributed by atoms with Crippen LogP contribution in [0.2, 0.25) is 5.02 Å². The van der Waals surface area contributed by atoms with E-state index in [1.807, 2.05) is 0 Å². The Hall–Kier alpha value is -2.54. The molecule has 1 fully saturated rings. The van der Waals surface area contributed by atoms with Crippen LogP contribution >= 0.6 is 23.1 Å². The average Bonchev–Trinajstić information content (AvgIpc) is 3.21. The Kier molecular flexibility index (Phi) is 10.0. The lowest BCUT2D eigenvalue weighted by atomic mass is 10.2. The molecule has 192 valence electrons. The van der Waals surface area contributed by atoms with E-state index in [2.05, 4.69) is 31.9 Å². The zero-order valence-electron chi connectivity index (χ0n) is 19.4. The Morgan fingerprint density at radius 3 is 2.63 bits per heavy atom. The number of piperazine rings is 1. The predicted octanol–water partition coefficient (Wildman–Crippen LogP) is 3.29. The zero-order valence-corrected chi connectivity index (χ0v) is 21.0. The van der Waals surface area contributed by atoms with E-state index < -0.39 is 30.2 Å². The third-order valence-electron chi connectivity index (χ3n) is 5.62. The van der Waals surface area contributed by atoms with Gasteiger partial charge in [0.15, 0.2) is 0 Å². The van der Waals surface area contributed by atoms with Crippen LogP contribution in [0, 0.1) is 11.6 Å². The lowest BCUT2D eigenvalue weighted by molar-refractivity contribution is 0.0996. The van der Waals surface area contributed by atoms with Crippen LogP contribution in [0.3, 0.4) is 0 Å². The quantitative estimate of drug-likeness (QED) is 0.303. The zero-order chi connectivity index (χ0) is 25.4. The molecule has 0 radical (unpaired) electrons. The van der Waals surface area contributed by atoms with E-state index in [0.29, 0.717) is 6.54 Å². The first-order valence-electron chi connectivity index (χ1n) is 11.3. The molecule has 4 N–H and O–H groups in total. The Morgan fingerprint density at radius 2 is 1.91 bits per heavy atom. The van der Waals surface area contributed by atoms with Gasteiger partial charge in [0, 0.05) is 38.3 Å². The molecule has 0 saturated carbocycles. The number of carbonyl (C=O) groups excluding carboxylic acids is 2. The van der Waals surface area contributed by atoms with Crippen LogP contribution in [0.4, 0.5) is 18.6 Å². The Balaban J connectivity index is 1.43. The number of likely N-dealkylation sites (N-methyl/N-ethyl adjacent to an activating group) is 1. The molecule has 9 nitrogen and oxygen atoms in total. The molecule has 0 spiro atoms. The van der Waals surface area contributed by atoms with Crippen LogP contribution in [-0.2, 0) is 6.61 Å². The number of carbonyl (C=O) groups is 2. The smallest absolute Gasteiger partial charge is 0.319 e. The Labute approximate surface area is 211 Å². The summed E-state index contributed by atoms with van der Waals surface area (Å²) in [5.74, 6) is -2.64. The molecular formula is C22H29ClF2N6O3S. The van der Waals surface area contributed by atoms with Crippen molar-refractivity contribution in [2.75, 3.05) is 51.6 Å². The number of hydrogen-bond acceptors (Lipinski definition) is 7. The lowest BCUT2D eigenvalue weighted by Gasteiger charge is -2.32. The van der Waals surface area contributed by atoms with Gasteiger partial charge in [-0.1, -0.05) is 18.0 Å². The number of rotatable bonds is 11. The molecule has 1 aromatic heterocycles. The molecule has 1 aromatic carbocycles. The second-order valence-electron chi connectivity index (χ2n) is 8.29. The number of unbranched alkanes of at least 4 members (excludes halogenated alkanes) is 2. The molecule has 35 heavy (non-hydrogen) atoms. The largest absolute Gasteiger partial charge is 0.471 e. The number of amides is 3. The number of urea groups is 1. The predicted molar refractivity (Wildman–Crippen MR) is 131 cm³/mol. The van der Waals surface area contributed by atoms with Gasteiger partial charge in [0.25, 0.3) is 5.91 Å². The summed E-state index contributed by atoms with van der Waals surface area (Å²) < 4.78 is 36.9. The summed E-state index contributed by atoms with van der Waals surface area (Å²) in [7, 11) is 2.13. The number of halogens is 3. The van der Waals surface area contributed by atoms with E-state index in [0.717, 1.165) is 75.7 Å². The standard InChI is InChI=1S/C22H29ClF2N6O3S/c1-30-7-9-31(10-8-30)6-4-2-3-5-27-22(33)28-21-18(19(26)32)20(29-35-21)34-13-14-11-17(25)15(23)12-16(14)24/h11-12H,2-10,13H2,1H3,(H2,26,32)(H2,27,28,33). The van der Waals surface area contributed by atoms with Gasteiger partial charge in [0.05, 0.1) is 5.02 Å². The molecule has 0 aliphatic carbocycles. The van der Waals surface area contributed by atoms with Crippen LogP contribution in [0.15, 0.2) is 12.1 Å². The first kappa shape index (κ1) is 27.1. The van der Waals surface area contributed by atoms with Gasteiger partial charge in [-0.3, -0.25) is 10.1 Å². The maximum atomic E-state index is 14.0. The summed E-state index contributed by atoms with van der Waals surface area (Å²) in [6.07, 6.45) is 2.87. The Bertz CT molecular complexity index is 1030. The SMILES string of the molecule is CN1CCN(CCCCCNC(=O)Nc2snc(OCc3cc(F)c(Cl)cc3F)c2C(N)=O)CC1. The summed E-state index contributed by atoms with van der Waals surface area (Å²) >= 11 is 6.34. The molecule has 1 saturated heterocycles. The minimum absolute atomic E-state index is 0.0998. The van der Waals surface area contributed by atoms with Crippen molar-refractivity contribution in [2.45, 2.75) is 25.9 Å². The molecule has 2 aromatic rings. The second-order valence-corrected chi connectivity index (χ2v) is 9.47. The fourth-order valence-corrected chi connectivity index (χ4v) is 4.44. The van der Waals surface area contributed by atoms with Crippen molar-refractivity contribution >= 4 is 40.1 Å². The number of nitrogens with two attached hydrogens (primary N) is 1. The molecule has 0 bridgehead atoms. The maximum absolute atomic E-state index is 14.0. The third kappa shape index (κ3) is 7.99. The molecule has 0 unspecified atom stereocenters. The number of hydrogen-bond donors (Lipinski definition) is 3. The maximum Gasteiger partial charge on any atom is 0.319 e. The van der Waals surface area contributed by atoms with Gasteiger partial charge in [0.1, 0.15) is 28.8 Å². The number of nitrogens with zero attached hydrogens (tertiary/aromatic N) is 3. The number of ether oxygens (including phenoxy) is 1. The highest BCUT2D eigenvalue weighted by Gasteiger charge is 2.22. The van der Waals surface area contributed by atoms with Crippen LogP contribution in [0.1, 0.15) is 35.2 Å². The summed E-state index contributed by atoms with van der Waals surface area (Å²) in [6, 6.07) is 1.22. The van der Waals surface area contributed by atoms with E-state index in [1.165, 1.54) is 0 Å². The molecule has 13 heteroatoms. The molecule has 3 amide bonds. The van der Waals surface area contributed by atoms with Crippen molar-refractivity contribution in [1.82, 2.24) is 19.5 Å². The molecule has 0 atom stereocenters. The number of nitrogens with one attached hydrogen (secondary N) is 2. The van der Waals surface area contributed by atoms with Gasteiger partial charge in [0.2, 0.25) is 5.88 Å². The number of benzene rings is 1. The first-order valence-corrected chi connectivity index (χ1v) is 12.4. The first-order chi connectivity index (χ1) is 16.7. The lowest BCUT2D eigenvalue weighted by Crippen LogP contribution is -2.44. The highest BCUT2D eigenvalue weighted by atomic mass is 35.5. The summed E-state index contributed by atoms with van der Waals surface area (Å²) in [6.45, 7) is 5.48. The number of primary amides is 1. The van der Waals surface area contributed by atoms with E-state index in [-0.39, 0.29) is 27.0 Å². The summed E-state index contributed by atoms with van der Waals surface area (Å²) in [5, 5.41) is 5.03. The molecule has 3 rings (SSSR count). The minimum Gasteiger partial charge on any atom is -0.471 e. The van der Waals surface area contributed by atoms with Crippen LogP contribution < -0.4 is 21.1 Å². The number of anilines is 1. The van der Waals surface area contributed by atoms with Crippen molar-refractivity contribution in [3.63, 3.8) is 0 Å². The van der Waals surface area contributed by atoms with Crippen molar-refractivity contribution in [2.24, 2.45) is 5.73 Å². The topological polar surface area (TPSA) is 113 Å². The van der Waals surface area contributed by atoms with Crippen molar-refractivity contribution in [3.8, 4) is 5.88 Å². The summed E-state index contributed by atoms with van der Waals surface area (Å²) in [4.78, 5) is 28.9. The van der Waals surface area contributed by atoms with E-state index in [4.69, 9.17) is 22.1 Å². The van der Waals surface area contributed by atoms with E-state index >= 15 is 0 Å². The molecule has 1 aliphatic heterocycles. The summed E-state index contributed by atoms with van der Waals surface area (Å²) in [5.41, 5.74) is 5.16. The molecular weight excluding hydrogens is 502 g/mol. The molecule has 1 aliphatic rings. The fourth-order valence-electron chi connectivity index (χ4n) is 3.56. The van der Waals surface area contributed by atoms with Gasteiger partial charge >= 0.3 is 6.03 Å². The van der Waals surface area contributed by atoms with E-state index in [9.17, 15) is 18.4 Å². The fraction of sp³-hybridized carbons (Fsp3) is 0.500. The van der Waals surface area contributed by atoms with Crippen LogP contribution in [0.25, 0.3) is 0 Å². The van der Waals surface area contributed by atoms with Crippen LogP contribution in [-0.4, -0.2) is 72.4 Å². The minimum atomic E-state index is -0.879. The van der Waals surface area contributed by atoms with Gasteiger partial charge in [-0.25, -0.2) is 13.6 Å². The van der Waals surface area contributed by atoms with Gasteiger partial charge in [-0.2, -0.15) is 4.37 Å². The highest BCUT2D eigenvalue weighted by molar-refractivity contribution is 7.11. The van der Waals surface area contributed by atoms with Gasteiger partial charge in [-0.05, 0) is 50.1 Å². The number of aromatic nitrogens is 1. The molecule has 2 heterocycles. The highest BCUT2D eigenvalue weighted by Crippen LogP contribution is 2.31. The third-order valence-corrected chi connectivity index (χ3v) is 6.66. The van der Waals surface area contributed by atoms with Crippen molar-refractivity contribution < 1.29 is 23.1 Å². The van der Waals surface area contributed by atoms with Gasteiger partial charge < -0.3 is 25.6 Å². The van der Waals surface area contributed by atoms with Crippen LogP contribution in [0.5, 0.6) is 5.88 Å². The van der Waals surface area contributed by atoms with Crippen molar-refractivity contribution in [3.05, 3.63) is 39.9 Å². The normalized spacial score (nSPS) is 14.6. The monoisotopic (exact) mass is 530 g/mol. The average molecular weight is 531 g/mol. The van der Waals surface area contributed by atoms with Crippen molar-refractivity contribution in [1.29, 1.82) is 0 Å². The van der Waals surface area contributed by atoms with E-state index in [1.54, 1.807) is 0 Å². The van der Waals surface area contributed by atoms with Gasteiger partial charge in [-0.15, -0.1) is 0 Å².